The topological polar surface area (TPSA) is 57.6 Å². The van der Waals surface area contributed by atoms with Crippen LogP contribution in [0, 0.1) is 0 Å². The Hall–Kier alpha value is -1.36. The number of hydrogen-bond donors (Lipinski definition) is 1. The van der Waals surface area contributed by atoms with E-state index in [4.69, 9.17) is 5.11 Å². The van der Waals surface area contributed by atoms with Crippen molar-refractivity contribution >= 4 is 27.8 Å². The lowest BCUT2D eigenvalue weighted by Crippen LogP contribution is -2.31. The Kier molecular flexibility index (Phi) is 5.34. The molecule has 1 N–H and O–H groups in total. The molecule has 0 aliphatic carbocycles. The second-order valence-electron chi connectivity index (χ2n) is 3.92. The van der Waals surface area contributed by atoms with Gasteiger partial charge in [0.1, 0.15) is 0 Å². The van der Waals surface area contributed by atoms with Crippen LogP contribution in [0.4, 0.5) is 0 Å². The molecule has 0 aliphatic heterocycles. The molecule has 0 bridgehead atoms. The average Bonchev–Trinajstić information content (AvgIpc) is 2.34. The highest BCUT2D eigenvalue weighted by atomic mass is 79.9. The van der Waals surface area contributed by atoms with Gasteiger partial charge in [0.15, 0.2) is 0 Å². The highest BCUT2D eigenvalue weighted by Gasteiger charge is 2.16. The molecule has 1 rings (SSSR count). The van der Waals surface area contributed by atoms with Gasteiger partial charge in [-0.05, 0) is 31.5 Å². The minimum Gasteiger partial charge on any atom is -0.478 e. The van der Waals surface area contributed by atoms with E-state index in [-0.39, 0.29) is 11.5 Å². The van der Waals surface area contributed by atoms with Crippen LogP contribution in [-0.4, -0.2) is 35.0 Å². The van der Waals surface area contributed by atoms with Gasteiger partial charge in [-0.1, -0.05) is 22.9 Å². The maximum Gasteiger partial charge on any atom is 0.335 e. The molecule has 0 aliphatic rings. The summed E-state index contributed by atoms with van der Waals surface area (Å²) in [7, 11) is 0. The highest BCUT2D eigenvalue weighted by molar-refractivity contribution is 9.10. The molecule has 0 unspecified atom stereocenters. The third-order valence-electron chi connectivity index (χ3n) is 2.55. The standard InChI is InChI=1S/C13H16BrNO3/c1-3-5-15(4-2)12(16)9-6-10(13(17)18)8-11(14)7-9/h6-8H,3-5H2,1-2H3,(H,17,18). The number of rotatable bonds is 5. The molecule has 0 radical (unpaired) electrons. The first-order valence-corrected chi connectivity index (χ1v) is 6.62. The summed E-state index contributed by atoms with van der Waals surface area (Å²) in [5, 5.41) is 8.97. The first-order chi connectivity index (χ1) is 8.49. The maximum absolute atomic E-state index is 12.2. The number of halogens is 1. The van der Waals surface area contributed by atoms with E-state index in [1.54, 1.807) is 11.0 Å². The van der Waals surface area contributed by atoms with Crippen molar-refractivity contribution in [3.8, 4) is 0 Å². The number of carboxylic acids is 1. The van der Waals surface area contributed by atoms with Crippen LogP contribution < -0.4 is 0 Å². The van der Waals surface area contributed by atoms with Gasteiger partial charge in [-0.15, -0.1) is 0 Å². The van der Waals surface area contributed by atoms with Crippen molar-refractivity contribution in [1.29, 1.82) is 0 Å². The molecule has 0 fully saturated rings. The van der Waals surface area contributed by atoms with Gasteiger partial charge in [-0.25, -0.2) is 4.79 Å². The molecule has 5 heteroatoms. The van der Waals surface area contributed by atoms with Crippen LogP contribution in [0.5, 0.6) is 0 Å². The number of benzene rings is 1. The molecule has 0 saturated carbocycles. The summed E-state index contributed by atoms with van der Waals surface area (Å²) in [5.74, 6) is -1.17. The summed E-state index contributed by atoms with van der Waals surface area (Å²) >= 11 is 3.23. The van der Waals surface area contributed by atoms with Crippen molar-refractivity contribution in [3.05, 3.63) is 33.8 Å². The monoisotopic (exact) mass is 313 g/mol. The minimum absolute atomic E-state index is 0.111. The number of carboxylic acid groups (broad SMARTS) is 1. The smallest absolute Gasteiger partial charge is 0.335 e. The Labute approximate surface area is 115 Å². The van der Waals surface area contributed by atoms with Gasteiger partial charge in [0.25, 0.3) is 5.91 Å². The van der Waals surface area contributed by atoms with E-state index in [0.717, 1.165) is 6.42 Å². The van der Waals surface area contributed by atoms with Crippen LogP contribution in [0.3, 0.4) is 0 Å². The molecule has 1 aromatic carbocycles. The lowest BCUT2D eigenvalue weighted by Gasteiger charge is -2.20. The van der Waals surface area contributed by atoms with Crippen molar-refractivity contribution < 1.29 is 14.7 Å². The van der Waals surface area contributed by atoms with Gasteiger partial charge in [0, 0.05) is 23.1 Å². The first kappa shape index (κ1) is 14.7. The van der Waals surface area contributed by atoms with E-state index in [1.807, 2.05) is 13.8 Å². The van der Waals surface area contributed by atoms with E-state index in [0.29, 0.717) is 23.1 Å². The van der Waals surface area contributed by atoms with Crippen LogP contribution in [0.15, 0.2) is 22.7 Å². The first-order valence-electron chi connectivity index (χ1n) is 5.82. The van der Waals surface area contributed by atoms with Crippen molar-refractivity contribution in [1.82, 2.24) is 4.90 Å². The number of aromatic carboxylic acids is 1. The lowest BCUT2D eigenvalue weighted by molar-refractivity contribution is 0.0697. The summed E-state index contributed by atoms with van der Waals surface area (Å²) in [5.41, 5.74) is 0.511. The second kappa shape index (κ2) is 6.54. The Morgan fingerprint density at radius 2 is 1.83 bits per heavy atom. The largest absolute Gasteiger partial charge is 0.478 e. The zero-order chi connectivity index (χ0) is 13.7. The van der Waals surface area contributed by atoms with Crippen molar-refractivity contribution in [2.24, 2.45) is 0 Å². The van der Waals surface area contributed by atoms with Gasteiger partial charge in [-0.2, -0.15) is 0 Å². The number of amides is 1. The van der Waals surface area contributed by atoms with E-state index in [9.17, 15) is 9.59 Å². The van der Waals surface area contributed by atoms with Crippen LogP contribution in [0.1, 0.15) is 41.0 Å². The normalized spacial score (nSPS) is 10.2. The molecule has 0 atom stereocenters. The van der Waals surface area contributed by atoms with Crippen LogP contribution in [0.25, 0.3) is 0 Å². The average molecular weight is 314 g/mol. The zero-order valence-electron chi connectivity index (χ0n) is 10.4. The summed E-state index contributed by atoms with van der Waals surface area (Å²) < 4.78 is 0.596. The number of hydrogen-bond acceptors (Lipinski definition) is 2. The van der Waals surface area contributed by atoms with E-state index >= 15 is 0 Å². The molecule has 0 saturated heterocycles. The lowest BCUT2D eigenvalue weighted by atomic mass is 10.1. The molecule has 1 aromatic rings. The number of carbonyl (C=O) groups is 2. The maximum atomic E-state index is 12.2. The molecule has 4 nitrogen and oxygen atoms in total. The molecule has 0 heterocycles. The fourth-order valence-corrected chi connectivity index (χ4v) is 2.19. The third-order valence-corrected chi connectivity index (χ3v) is 3.01. The van der Waals surface area contributed by atoms with Crippen LogP contribution >= 0.6 is 15.9 Å². The second-order valence-corrected chi connectivity index (χ2v) is 4.83. The molecular formula is C13H16BrNO3. The van der Waals surface area contributed by atoms with E-state index < -0.39 is 5.97 Å². The van der Waals surface area contributed by atoms with Crippen molar-refractivity contribution in [2.45, 2.75) is 20.3 Å². The summed E-state index contributed by atoms with van der Waals surface area (Å²) in [6.07, 6.45) is 0.874. The van der Waals surface area contributed by atoms with Crippen LogP contribution in [-0.2, 0) is 0 Å². The predicted octanol–water partition coefficient (Wildman–Crippen LogP) is 3.02. The Bertz CT molecular complexity index is 460. The quantitative estimate of drug-likeness (QED) is 0.909. The van der Waals surface area contributed by atoms with Gasteiger partial charge >= 0.3 is 5.97 Å². The third kappa shape index (κ3) is 3.57. The Balaban J connectivity index is 3.08. The van der Waals surface area contributed by atoms with Crippen LogP contribution in [0.2, 0.25) is 0 Å². The van der Waals surface area contributed by atoms with E-state index in [1.165, 1.54) is 12.1 Å². The zero-order valence-corrected chi connectivity index (χ0v) is 12.0. The Morgan fingerprint density at radius 3 is 2.33 bits per heavy atom. The van der Waals surface area contributed by atoms with Gasteiger partial charge in [-0.3, -0.25) is 4.79 Å². The molecule has 18 heavy (non-hydrogen) atoms. The molecule has 0 aromatic heterocycles. The van der Waals surface area contributed by atoms with E-state index in [2.05, 4.69) is 15.9 Å². The molecule has 0 spiro atoms. The van der Waals surface area contributed by atoms with Gasteiger partial charge in [0.2, 0.25) is 0 Å². The van der Waals surface area contributed by atoms with Crippen molar-refractivity contribution in [2.75, 3.05) is 13.1 Å². The highest BCUT2D eigenvalue weighted by Crippen LogP contribution is 2.17. The summed E-state index contributed by atoms with van der Waals surface area (Å²) in [4.78, 5) is 24.9. The molecule has 98 valence electrons. The molecule has 1 amide bonds. The summed E-state index contributed by atoms with van der Waals surface area (Å²) in [6, 6.07) is 4.54. The SMILES string of the molecule is CCCN(CC)C(=O)c1cc(Br)cc(C(=O)O)c1. The number of nitrogens with zero attached hydrogens (tertiary/aromatic N) is 1. The fourth-order valence-electron chi connectivity index (χ4n) is 1.69. The molecular weight excluding hydrogens is 298 g/mol. The minimum atomic E-state index is -1.04. The fraction of sp³-hybridized carbons (Fsp3) is 0.385. The van der Waals surface area contributed by atoms with Gasteiger partial charge in [0.05, 0.1) is 5.56 Å². The number of carbonyl (C=O) groups excluding carboxylic acids is 1. The van der Waals surface area contributed by atoms with Gasteiger partial charge < -0.3 is 10.0 Å². The summed E-state index contributed by atoms with van der Waals surface area (Å²) in [6.45, 7) is 5.19. The predicted molar refractivity (Wildman–Crippen MR) is 73.0 cm³/mol. The Morgan fingerprint density at radius 1 is 1.22 bits per heavy atom. The van der Waals surface area contributed by atoms with Crippen molar-refractivity contribution in [3.63, 3.8) is 0 Å².